The standard InChI is InChI=1S/C20H16Cl2FN3O3S2/c21-13-3-4-15(16(22)8-13)19(27)25-10-20(18-17(23)2-1-6-24-18)11-26(12-20)31(28,29)14-5-7-30-9-14/h1-9H,10-12H2,(H,25,27). The molecule has 11 heteroatoms. The van der Waals surface area contributed by atoms with Gasteiger partial charge in [-0.1, -0.05) is 23.2 Å². The summed E-state index contributed by atoms with van der Waals surface area (Å²) in [4.78, 5) is 17.0. The second-order valence-electron chi connectivity index (χ2n) is 7.15. The fourth-order valence-electron chi connectivity index (χ4n) is 3.49. The van der Waals surface area contributed by atoms with Crippen LogP contribution in [0.15, 0.2) is 58.3 Å². The number of rotatable bonds is 6. The molecule has 1 aliphatic rings. The molecule has 0 spiro atoms. The van der Waals surface area contributed by atoms with E-state index >= 15 is 0 Å². The SMILES string of the molecule is O=C(NCC1(c2ncccc2F)CN(S(=O)(=O)c2ccsc2)C1)c1ccc(Cl)cc1Cl. The number of nitrogens with zero attached hydrogens (tertiary/aromatic N) is 2. The molecule has 0 saturated carbocycles. The lowest BCUT2D eigenvalue weighted by atomic mass is 9.77. The van der Waals surface area contributed by atoms with Crippen molar-refractivity contribution in [3.8, 4) is 0 Å². The van der Waals surface area contributed by atoms with Gasteiger partial charge in [-0.3, -0.25) is 9.78 Å². The number of hydrogen-bond acceptors (Lipinski definition) is 5. The molecule has 0 bridgehead atoms. The Hall–Kier alpha value is -2.04. The van der Waals surface area contributed by atoms with Crippen LogP contribution >= 0.6 is 34.5 Å². The molecule has 1 aliphatic heterocycles. The van der Waals surface area contributed by atoms with Crippen molar-refractivity contribution in [2.24, 2.45) is 0 Å². The number of hydrogen-bond donors (Lipinski definition) is 1. The highest BCUT2D eigenvalue weighted by atomic mass is 35.5. The average molecular weight is 500 g/mol. The van der Waals surface area contributed by atoms with E-state index in [0.29, 0.717) is 5.02 Å². The number of thiophene rings is 1. The monoisotopic (exact) mass is 499 g/mol. The Labute approximate surface area is 192 Å². The lowest BCUT2D eigenvalue weighted by molar-refractivity contribution is 0.0895. The van der Waals surface area contributed by atoms with Crippen LogP contribution in [0.1, 0.15) is 16.1 Å². The number of halogens is 3. The topological polar surface area (TPSA) is 79.4 Å². The number of nitrogens with one attached hydrogen (secondary N) is 1. The maximum atomic E-state index is 14.6. The third-order valence-electron chi connectivity index (χ3n) is 5.11. The molecule has 1 fully saturated rings. The predicted molar refractivity (Wildman–Crippen MR) is 118 cm³/mol. The van der Waals surface area contributed by atoms with Crippen molar-refractivity contribution in [1.82, 2.24) is 14.6 Å². The fourth-order valence-corrected chi connectivity index (χ4v) is 6.61. The van der Waals surface area contributed by atoms with Gasteiger partial charge in [0.15, 0.2) is 0 Å². The van der Waals surface area contributed by atoms with Crippen molar-refractivity contribution in [3.63, 3.8) is 0 Å². The summed E-state index contributed by atoms with van der Waals surface area (Å²) < 4.78 is 41.5. The Kier molecular flexibility index (Phi) is 6.06. The normalized spacial score (nSPS) is 16.0. The predicted octanol–water partition coefficient (Wildman–Crippen LogP) is 3.96. The quantitative estimate of drug-likeness (QED) is 0.556. The summed E-state index contributed by atoms with van der Waals surface area (Å²) in [7, 11) is -3.71. The molecule has 1 N–H and O–H groups in total. The summed E-state index contributed by atoms with van der Waals surface area (Å²) in [6, 6.07) is 8.71. The van der Waals surface area contributed by atoms with E-state index in [0.717, 1.165) is 0 Å². The fraction of sp³-hybridized carbons (Fsp3) is 0.200. The minimum Gasteiger partial charge on any atom is -0.351 e. The minimum absolute atomic E-state index is 0.0195. The Balaban J connectivity index is 1.58. The van der Waals surface area contributed by atoms with Crippen LogP contribution in [-0.4, -0.2) is 43.2 Å². The number of benzene rings is 1. The van der Waals surface area contributed by atoms with Crippen molar-refractivity contribution >= 4 is 50.5 Å². The van der Waals surface area contributed by atoms with Gasteiger partial charge in [0, 0.05) is 36.2 Å². The van der Waals surface area contributed by atoms with Gasteiger partial charge < -0.3 is 5.32 Å². The van der Waals surface area contributed by atoms with Gasteiger partial charge in [0.05, 0.1) is 26.6 Å². The molecule has 31 heavy (non-hydrogen) atoms. The van der Waals surface area contributed by atoms with Crippen LogP contribution in [-0.2, 0) is 15.4 Å². The zero-order chi connectivity index (χ0) is 22.2. The van der Waals surface area contributed by atoms with Crippen molar-refractivity contribution in [3.05, 3.63) is 80.5 Å². The number of carbonyl (C=O) groups is 1. The molecule has 0 unspecified atom stereocenters. The second-order valence-corrected chi connectivity index (χ2v) is 10.7. The van der Waals surface area contributed by atoms with Crippen molar-refractivity contribution in [2.75, 3.05) is 19.6 Å². The van der Waals surface area contributed by atoms with Crippen LogP contribution < -0.4 is 5.32 Å². The van der Waals surface area contributed by atoms with Gasteiger partial charge in [-0.05, 0) is 41.8 Å². The molecule has 0 atom stereocenters. The molecule has 0 radical (unpaired) electrons. The molecule has 0 aliphatic carbocycles. The van der Waals surface area contributed by atoms with Crippen LogP contribution in [0.25, 0.3) is 0 Å². The molecule has 162 valence electrons. The van der Waals surface area contributed by atoms with E-state index < -0.39 is 27.2 Å². The molecule has 1 amide bonds. The van der Waals surface area contributed by atoms with Crippen LogP contribution in [0.3, 0.4) is 0 Å². The maximum Gasteiger partial charge on any atom is 0.252 e. The Morgan fingerprint density at radius 1 is 1.26 bits per heavy atom. The second kappa shape index (κ2) is 8.48. The van der Waals surface area contributed by atoms with Gasteiger partial charge >= 0.3 is 0 Å². The number of amides is 1. The first-order valence-electron chi connectivity index (χ1n) is 9.10. The third-order valence-corrected chi connectivity index (χ3v) is 8.28. The van der Waals surface area contributed by atoms with Gasteiger partial charge in [0.1, 0.15) is 5.82 Å². The number of carbonyl (C=O) groups excluding carboxylic acids is 1. The number of aromatic nitrogens is 1. The lowest BCUT2D eigenvalue weighted by Gasteiger charge is -2.48. The van der Waals surface area contributed by atoms with Crippen molar-refractivity contribution in [2.45, 2.75) is 10.3 Å². The van der Waals surface area contributed by atoms with E-state index in [-0.39, 0.29) is 40.8 Å². The number of sulfonamides is 1. The van der Waals surface area contributed by atoms with Gasteiger partial charge in [-0.15, -0.1) is 0 Å². The van der Waals surface area contributed by atoms with E-state index in [2.05, 4.69) is 10.3 Å². The van der Waals surface area contributed by atoms with E-state index in [9.17, 15) is 17.6 Å². The first-order chi connectivity index (χ1) is 14.7. The summed E-state index contributed by atoms with van der Waals surface area (Å²) in [6.45, 7) is -0.0597. The highest BCUT2D eigenvalue weighted by Gasteiger charge is 2.52. The lowest BCUT2D eigenvalue weighted by Crippen LogP contribution is -2.65. The molecule has 1 saturated heterocycles. The van der Waals surface area contributed by atoms with E-state index in [1.165, 1.54) is 58.2 Å². The molecule has 6 nitrogen and oxygen atoms in total. The number of pyridine rings is 1. The Bertz CT molecular complexity index is 1230. The van der Waals surface area contributed by atoms with Crippen LogP contribution in [0.4, 0.5) is 4.39 Å². The van der Waals surface area contributed by atoms with E-state index in [1.54, 1.807) is 10.8 Å². The average Bonchev–Trinajstić information content (AvgIpc) is 3.23. The van der Waals surface area contributed by atoms with Gasteiger partial charge in [-0.25, -0.2) is 12.8 Å². The largest absolute Gasteiger partial charge is 0.351 e. The Morgan fingerprint density at radius 3 is 2.68 bits per heavy atom. The summed E-state index contributed by atoms with van der Waals surface area (Å²) in [5.41, 5.74) is -0.692. The Morgan fingerprint density at radius 2 is 2.03 bits per heavy atom. The van der Waals surface area contributed by atoms with E-state index in [4.69, 9.17) is 23.2 Å². The first-order valence-corrected chi connectivity index (χ1v) is 12.2. The first kappa shape index (κ1) is 22.2. The molecular weight excluding hydrogens is 484 g/mol. The highest BCUT2D eigenvalue weighted by Crippen LogP contribution is 2.38. The van der Waals surface area contributed by atoms with Gasteiger partial charge in [0.25, 0.3) is 5.91 Å². The van der Waals surface area contributed by atoms with Crippen molar-refractivity contribution < 1.29 is 17.6 Å². The minimum atomic E-state index is -3.71. The molecule has 3 heterocycles. The summed E-state index contributed by atoms with van der Waals surface area (Å²) >= 11 is 13.2. The van der Waals surface area contributed by atoms with Gasteiger partial charge in [0.2, 0.25) is 10.0 Å². The summed E-state index contributed by atoms with van der Waals surface area (Å²) in [5, 5.41) is 6.53. The smallest absolute Gasteiger partial charge is 0.252 e. The maximum absolute atomic E-state index is 14.6. The zero-order valence-corrected chi connectivity index (χ0v) is 19.0. The summed E-state index contributed by atoms with van der Waals surface area (Å²) in [6.07, 6.45) is 1.44. The van der Waals surface area contributed by atoms with Crippen LogP contribution in [0.5, 0.6) is 0 Å². The molecule has 3 aromatic rings. The third kappa shape index (κ3) is 4.20. The van der Waals surface area contributed by atoms with Crippen LogP contribution in [0, 0.1) is 5.82 Å². The van der Waals surface area contributed by atoms with E-state index in [1.807, 2.05) is 0 Å². The molecule has 1 aromatic carbocycles. The highest BCUT2D eigenvalue weighted by molar-refractivity contribution is 7.89. The zero-order valence-electron chi connectivity index (χ0n) is 15.9. The molecule has 4 rings (SSSR count). The molecular formula is C20H16Cl2FN3O3S2. The van der Waals surface area contributed by atoms with Crippen molar-refractivity contribution in [1.29, 1.82) is 0 Å². The van der Waals surface area contributed by atoms with Gasteiger partial charge in [-0.2, -0.15) is 15.6 Å². The van der Waals surface area contributed by atoms with Crippen LogP contribution in [0.2, 0.25) is 10.0 Å². The molecule has 2 aromatic heterocycles. The summed E-state index contributed by atoms with van der Waals surface area (Å²) in [5.74, 6) is -1.04.